The highest BCUT2D eigenvalue weighted by Crippen LogP contribution is 2.19. The summed E-state index contributed by atoms with van der Waals surface area (Å²) in [6.07, 6.45) is 1.90. The molecule has 1 atom stereocenters. The van der Waals surface area contributed by atoms with Gasteiger partial charge in [0, 0.05) is 45.0 Å². The number of nitrogens with one attached hydrogen (secondary N) is 1. The molecule has 0 bridgehead atoms. The van der Waals surface area contributed by atoms with E-state index in [-0.39, 0.29) is 17.7 Å². The molecule has 2 amide bonds. The number of rotatable bonds is 5. The summed E-state index contributed by atoms with van der Waals surface area (Å²) >= 11 is 0. The molecule has 6 nitrogen and oxygen atoms in total. The maximum atomic E-state index is 12.7. The van der Waals surface area contributed by atoms with Crippen molar-refractivity contribution in [2.24, 2.45) is 5.92 Å². The summed E-state index contributed by atoms with van der Waals surface area (Å²) in [5.41, 5.74) is 2.50. The van der Waals surface area contributed by atoms with E-state index in [9.17, 15) is 9.59 Å². The van der Waals surface area contributed by atoms with Crippen molar-refractivity contribution in [2.75, 3.05) is 57.3 Å². The van der Waals surface area contributed by atoms with Crippen LogP contribution in [0, 0.1) is 12.8 Å². The van der Waals surface area contributed by atoms with E-state index in [0.29, 0.717) is 19.6 Å². The number of piperazine rings is 1. The van der Waals surface area contributed by atoms with Crippen LogP contribution >= 0.6 is 0 Å². The first-order chi connectivity index (χ1) is 13.1. The van der Waals surface area contributed by atoms with Gasteiger partial charge < -0.3 is 15.1 Å². The van der Waals surface area contributed by atoms with Crippen LogP contribution in [0.5, 0.6) is 0 Å². The summed E-state index contributed by atoms with van der Waals surface area (Å²) < 4.78 is 0. The average Bonchev–Trinajstić information content (AvgIpc) is 2.68. The zero-order valence-electron chi connectivity index (χ0n) is 16.6. The predicted molar refractivity (Wildman–Crippen MR) is 108 cm³/mol. The van der Waals surface area contributed by atoms with Gasteiger partial charge in [0.2, 0.25) is 11.8 Å². The first-order valence-electron chi connectivity index (χ1n) is 10.2. The molecule has 27 heavy (non-hydrogen) atoms. The lowest BCUT2D eigenvalue weighted by atomic mass is 9.97. The maximum absolute atomic E-state index is 12.7. The molecule has 2 fully saturated rings. The van der Waals surface area contributed by atoms with E-state index >= 15 is 0 Å². The standard InChI is InChI=1S/C21H32N4O2/c1-3-22-21(27)18-7-5-9-23(15-18)16-20(26)25-12-10-24(11-13-25)19-8-4-6-17(2)14-19/h4,6,8,14,18H,3,5,7,9-13,15-16H2,1-2H3,(H,22,27). The van der Waals surface area contributed by atoms with Gasteiger partial charge in [-0.1, -0.05) is 12.1 Å². The Hall–Kier alpha value is -2.08. The summed E-state index contributed by atoms with van der Waals surface area (Å²) in [4.78, 5) is 31.3. The lowest BCUT2D eigenvalue weighted by molar-refractivity contribution is -0.134. The molecule has 1 unspecified atom stereocenters. The van der Waals surface area contributed by atoms with Crippen molar-refractivity contribution in [3.05, 3.63) is 29.8 Å². The Balaban J connectivity index is 1.47. The van der Waals surface area contributed by atoms with Gasteiger partial charge in [0.25, 0.3) is 0 Å². The van der Waals surface area contributed by atoms with Gasteiger partial charge in [0.05, 0.1) is 12.5 Å². The third-order valence-electron chi connectivity index (χ3n) is 5.59. The Morgan fingerprint density at radius 1 is 1.15 bits per heavy atom. The van der Waals surface area contributed by atoms with E-state index in [0.717, 1.165) is 45.6 Å². The molecule has 2 aliphatic heterocycles. The number of carbonyl (C=O) groups is 2. The van der Waals surface area contributed by atoms with Crippen molar-refractivity contribution < 1.29 is 9.59 Å². The molecule has 3 rings (SSSR count). The zero-order valence-corrected chi connectivity index (χ0v) is 16.6. The molecule has 0 spiro atoms. The molecular formula is C21H32N4O2. The van der Waals surface area contributed by atoms with Crippen LogP contribution in [0.3, 0.4) is 0 Å². The average molecular weight is 373 g/mol. The van der Waals surface area contributed by atoms with Gasteiger partial charge >= 0.3 is 0 Å². The smallest absolute Gasteiger partial charge is 0.236 e. The lowest BCUT2D eigenvalue weighted by Crippen LogP contribution is -2.52. The summed E-state index contributed by atoms with van der Waals surface area (Å²) in [6, 6.07) is 8.53. The second kappa shape index (κ2) is 9.22. The van der Waals surface area contributed by atoms with E-state index in [1.54, 1.807) is 0 Å². The molecule has 148 valence electrons. The van der Waals surface area contributed by atoms with Crippen LogP contribution in [0.1, 0.15) is 25.3 Å². The monoisotopic (exact) mass is 372 g/mol. The molecule has 2 heterocycles. The van der Waals surface area contributed by atoms with Crippen LogP contribution in [0.4, 0.5) is 5.69 Å². The lowest BCUT2D eigenvalue weighted by Gasteiger charge is -2.38. The Morgan fingerprint density at radius 2 is 1.93 bits per heavy atom. The molecule has 0 saturated carbocycles. The van der Waals surface area contributed by atoms with Crippen molar-refractivity contribution in [3.63, 3.8) is 0 Å². The van der Waals surface area contributed by atoms with Crippen molar-refractivity contribution in [2.45, 2.75) is 26.7 Å². The first-order valence-corrected chi connectivity index (χ1v) is 10.2. The number of piperidine rings is 1. The highest BCUT2D eigenvalue weighted by molar-refractivity contribution is 5.80. The molecule has 0 aromatic heterocycles. The Kier molecular flexibility index (Phi) is 6.72. The van der Waals surface area contributed by atoms with Gasteiger partial charge in [-0.3, -0.25) is 14.5 Å². The molecule has 6 heteroatoms. The summed E-state index contributed by atoms with van der Waals surface area (Å²) in [5, 5.41) is 2.91. The molecule has 0 radical (unpaired) electrons. The number of carbonyl (C=O) groups excluding carboxylic acids is 2. The van der Waals surface area contributed by atoms with Crippen LogP contribution in [0.2, 0.25) is 0 Å². The van der Waals surface area contributed by atoms with Crippen LogP contribution < -0.4 is 10.2 Å². The van der Waals surface area contributed by atoms with Crippen LogP contribution in [0.25, 0.3) is 0 Å². The van der Waals surface area contributed by atoms with Gasteiger partial charge in [-0.25, -0.2) is 0 Å². The zero-order chi connectivity index (χ0) is 19.2. The highest BCUT2D eigenvalue weighted by atomic mass is 16.2. The Morgan fingerprint density at radius 3 is 2.63 bits per heavy atom. The van der Waals surface area contributed by atoms with Crippen molar-refractivity contribution in [3.8, 4) is 0 Å². The van der Waals surface area contributed by atoms with Crippen molar-refractivity contribution in [1.29, 1.82) is 0 Å². The Bertz CT molecular complexity index is 655. The number of hydrogen-bond donors (Lipinski definition) is 1. The third-order valence-corrected chi connectivity index (χ3v) is 5.59. The number of nitrogens with zero attached hydrogens (tertiary/aromatic N) is 3. The molecule has 1 aromatic carbocycles. The van der Waals surface area contributed by atoms with E-state index in [2.05, 4.69) is 46.3 Å². The molecule has 0 aliphatic carbocycles. The molecule has 2 saturated heterocycles. The van der Waals surface area contributed by atoms with Crippen molar-refractivity contribution in [1.82, 2.24) is 15.1 Å². The molecule has 1 N–H and O–H groups in total. The minimum Gasteiger partial charge on any atom is -0.368 e. The predicted octanol–water partition coefficient (Wildman–Crippen LogP) is 1.49. The Labute approximate surface area is 162 Å². The number of hydrogen-bond acceptors (Lipinski definition) is 4. The number of benzene rings is 1. The normalized spacial score (nSPS) is 21.2. The summed E-state index contributed by atoms with van der Waals surface area (Å²) in [6.45, 7) is 10.0. The minimum absolute atomic E-state index is 0.0182. The van der Waals surface area contributed by atoms with E-state index < -0.39 is 0 Å². The number of aryl methyl sites for hydroxylation is 1. The van der Waals surface area contributed by atoms with Crippen molar-refractivity contribution >= 4 is 17.5 Å². The highest BCUT2D eigenvalue weighted by Gasteiger charge is 2.28. The van der Waals surface area contributed by atoms with E-state index in [4.69, 9.17) is 0 Å². The maximum Gasteiger partial charge on any atom is 0.236 e. The number of amides is 2. The van der Waals surface area contributed by atoms with E-state index in [1.807, 2.05) is 11.8 Å². The van der Waals surface area contributed by atoms with Crippen LogP contribution in [-0.4, -0.2) is 74.0 Å². The van der Waals surface area contributed by atoms with Gasteiger partial charge in [-0.15, -0.1) is 0 Å². The van der Waals surface area contributed by atoms with Gasteiger partial charge in [0.15, 0.2) is 0 Å². The first kappa shape index (κ1) is 19.7. The van der Waals surface area contributed by atoms with E-state index in [1.165, 1.54) is 11.3 Å². The van der Waals surface area contributed by atoms with Crippen LogP contribution in [0.15, 0.2) is 24.3 Å². The quantitative estimate of drug-likeness (QED) is 0.851. The molecule has 1 aromatic rings. The number of anilines is 1. The third kappa shape index (κ3) is 5.22. The van der Waals surface area contributed by atoms with Gasteiger partial charge in [0.1, 0.15) is 0 Å². The van der Waals surface area contributed by atoms with Crippen LogP contribution in [-0.2, 0) is 9.59 Å². The summed E-state index contributed by atoms with van der Waals surface area (Å²) in [5.74, 6) is 0.335. The topological polar surface area (TPSA) is 55.9 Å². The van der Waals surface area contributed by atoms with Gasteiger partial charge in [-0.2, -0.15) is 0 Å². The second-order valence-electron chi connectivity index (χ2n) is 7.68. The SMILES string of the molecule is CCNC(=O)C1CCCN(CC(=O)N2CCN(c3cccc(C)c3)CC2)C1. The fourth-order valence-electron chi connectivity index (χ4n) is 4.06. The molecular weight excluding hydrogens is 340 g/mol. The molecule has 2 aliphatic rings. The van der Waals surface area contributed by atoms with Gasteiger partial charge in [-0.05, 0) is 50.9 Å². The summed E-state index contributed by atoms with van der Waals surface area (Å²) in [7, 11) is 0. The minimum atomic E-state index is 0.0182. The number of likely N-dealkylation sites (tertiary alicyclic amines) is 1. The second-order valence-corrected chi connectivity index (χ2v) is 7.68. The fraction of sp³-hybridized carbons (Fsp3) is 0.619. The fourth-order valence-corrected chi connectivity index (χ4v) is 4.06. The largest absolute Gasteiger partial charge is 0.368 e.